The molecule has 1 rings (SSSR count). The Balaban J connectivity index is 2.77. The molecule has 0 unspecified atom stereocenters. The van der Waals surface area contributed by atoms with Gasteiger partial charge in [0.15, 0.2) is 5.72 Å². The van der Waals surface area contributed by atoms with Gasteiger partial charge in [-0.3, -0.25) is 4.79 Å². The van der Waals surface area contributed by atoms with Crippen molar-refractivity contribution in [1.82, 2.24) is 0 Å². The Morgan fingerprint density at radius 3 is 2.33 bits per heavy atom. The van der Waals surface area contributed by atoms with E-state index < -0.39 is 30.5 Å². The van der Waals surface area contributed by atoms with Crippen molar-refractivity contribution in [2.45, 2.75) is 44.3 Å². The molecule has 0 bridgehead atoms. The molecule has 15 heavy (non-hydrogen) atoms. The van der Waals surface area contributed by atoms with E-state index in [4.69, 9.17) is 10.3 Å². The van der Waals surface area contributed by atoms with Crippen molar-refractivity contribution in [2.75, 3.05) is 0 Å². The van der Waals surface area contributed by atoms with Crippen LogP contribution >= 0.6 is 0 Å². The predicted octanol–water partition coefficient (Wildman–Crippen LogP) is 2.77. The van der Waals surface area contributed by atoms with E-state index in [1.165, 1.54) is 0 Å². The van der Waals surface area contributed by atoms with Gasteiger partial charge >= 0.3 is 5.97 Å². The third kappa shape index (κ3) is 3.06. The lowest BCUT2D eigenvalue weighted by atomic mass is 9.89. The quantitative estimate of drug-likeness (QED) is 0.310. The zero-order chi connectivity index (χ0) is 11.5. The van der Waals surface area contributed by atoms with Crippen molar-refractivity contribution >= 4 is 5.97 Å². The molecule has 0 saturated heterocycles. The fraction of sp³-hybridized carbons (Fsp3) is 0.875. The number of hydrogen-bond acceptors (Lipinski definition) is 3. The summed E-state index contributed by atoms with van der Waals surface area (Å²) in [7, 11) is 0. The summed E-state index contributed by atoms with van der Waals surface area (Å²) in [6.07, 6.45) is -1.13. The molecule has 0 aromatic rings. The summed E-state index contributed by atoms with van der Waals surface area (Å²) in [5, 5.41) is 3.32. The summed E-state index contributed by atoms with van der Waals surface area (Å²) in [6, 6.07) is 0. The maximum Gasteiger partial charge on any atom is 0.303 e. The van der Waals surface area contributed by atoms with Crippen LogP contribution in [0, 0.1) is 0 Å². The molecule has 0 aromatic heterocycles. The summed E-state index contributed by atoms with van der Waals surface area (Å²) < 4.78 is 30.5. The molecule has 7 heteroatoms. The monoisotopic (exact) mass is 219 g/mol. The zero-order valence-electron chi connectivity index (χ0n) is 8.24. The van der Waals surface area contributed by atoms with E-state index in [1.807, 2.05) is 0 Å². The van der Waals surface area contributed by atoms with E-state index in [-0.39, 0.29) is 12.8 Å². The van der Waals surface area contributed by atoms with Crippen molar-refractivity contribution in [2.24, 2.45) is 5.11 Å². The van der Waals surface area contributed by atoms with Crippen LogP contribution in [0.1, 0.15) is 32.6 Å². The SMILES string of the molecule is CC(=O)OC1(N=[N+]=[N-])CCC(F)(F)CC1. The van der Waals surface area contributed by atoms with Gasteiger partial charge < -0.3 is 4.74 Å². The standard InChI is InChI=1S/C8H11F2N3O2/c1-6(14)15-8(12-13-11)4-2-7(9,10)3-5-8/h2-5H2,1H3. The average molecular weight is 219 g/mol. The van der Waals surface area contributed by atoms with Crippen molar-refractivity contribution < 1.29 is 18.3 Å². The lowest BCUT2D eigenvalue weighted by Crippen LogP contribution is -2.40. The predicted molar refractivity (Wildman–Crippen MR) is 47.1 cm³/mol. The van der Waals surface area contributed by atoms with Gasteiger partial charge in [0.1, 0.15) is 0 Å². The van der Waals surface area contributed by atoms with E-state index in [1.54, 1.807) is 0 Å². The number of alkyl halides is 2. The Kier molecular flexibility index (Phi) is 3.14. The fourth-order valence-corrected chi connectivity index (χ4v) is 1.58. The number of carbonyl (C=O) groups excluding carboxylic acids is 1. The van der Waals surface area contributed by atoms with Crippen LogP contribution in [0.2, 0.25) is 0 Å². The normalized spacial score (nSPS) is 22.6. The maximum absolute atomic E-state index is 12.9. The Hall–Kier alpha value is -1.36. The molecule has 1 aliphatic rings. The van der Waals surface area contributed by atoms with Crippen LogP contribution in [0.5, 0.6) is 0 Å². The number of esters is 1. The first kappa shape index (κ1) is 11.7. The summed E-state index contributed by atoms with van der Waals surface area (Å²) in [5.41, 5.74) is 6.89. The highest BCUT2D eigenvalue weighted by molar-refractivity contribution is 5.66. The van der Waals surface area contributed by atoms with Gasteiger partial charge in [-0.05, 0) is 23.5 Å². The van der Waals surface area contributed by atoms with E-state index in [2.05, 4.69) is 10.0 Å². The second kappa shape index (κ2) is 4.02. The largest absolute Gasteiger partial charge is 0.453 e. The third-order valence-electron chi connectivity index (χ3n) is 2.32. The molecule has 0 N–H and O–H groups in total. The lowest BCUT2D eigenvalue weighted by Gasteiger charge is -2.35. The minimum absolute atomic E-state index is 0.135. The lowest BCUT2D eigenvalue weighted by molar-refractivity contribution is -0.169. The molecule has 0 amide bonds. The molecule has 1 saturated carbocycles. The minimum Gasteiger partial charge on any atom is -0.453 e. The van der Waals surface area contributed by atoms with Gasteiger partial charge in [0.25, 0.3) is 0 Å². The topological polar surface area (TPSA) is 75.1 Å². The highest BCUT2D eigenvalue weighted by Gasteiger charge is 2.45. The smallest absolute Gasteiger partial charge is 0.303 e. The van der Waals surface area contributed by atoms with E-state index >= 15 is 0 Å². The summed E-state index contributed by atoms with van der Waals surface area (Å²) in [6.45, 7) is 1.15. The number of nitrogens with zero attached hydrogens (tertiary/aromatic N) is 3. The molecule has 0 aromatic carbocycles. The van der Waals surface area contributed by atoms with Gasteiger partial charge in [0.05, 0.1) is 0 Å². The molecule has 0 aliphatic heterocycles. The van der Waals surface area contributed by atoms with Gasteiger partial charge in [-0.25, -0.2) is 8.78 Å². The number of hydrogen-bond donors (Lipinski definition) is 0. The molecule has 1 aliphatic carbocycles. The van der Waals surface area contributed by atoms with Crippen LogP contribution in [0.25, 0.3) is 10.4 Å². The highest BCUT2D eigenvalue weighted by Crippen LogP contribution is 2.41. The summed E-state index contributed by atoms with van der Waals surface area (Å²) >= 11 is 0. The number of rotatable bonds is 2. The molecular weight excluding hydrogens is 208 g/mol. The first-order chi connectivity index (χ1) is 6.89. The average Bonchev–Trinajstić information content (AvgIpc) is 2.10. The van der Waals surface area contributed by atoms with Crippen LogP contribution < -0.4 is 0 Å². The van der Waals surface area contributed by atoms with E-state index in [0.29, 0.717) is 0 Å². The summed E-state index contributed by atoms with van der Waals surface area (Å²) in [5.74, 6) is -3.39. The van der Waals surface area contributed by atoms with Gasteiger partial charge in [0, 0.05) is 24.7 Å². The molecule has 0 radical (unpaired) electrons. The molecular formula is C8H11F2N3O2. The third-order valence-corrected chi connectivity index (χ3v) is 2.32. The molecule has 0 atom stereocenters. The highest BCUT2D eigenvalue weighted by atomic mass is 19.3. The zero-order valence-corrected chi connectivity index (χ0v) is 8.24. The fourth-order valence-electron chi connectivity index (χ4n) is 1.58. The van der Waals surface area contributed by atoms with Crippen molar-refractivity contribution in [3.05, 3.63) is 10.4 Å². The van der Waals surface area contributed by atoms with Crippen molar-refractivity contribution in [3.8, 4) is 0 Å². The van der Waals surface area contributed by atoms with E-state index in [0.717, 1.165) is 6.92 Å². The number of azide groups is 1. The first-order valence-corrected chi connectivity index (χ1v) is 4.53. The second-order valence-corrected chi connectivity index (χ2v) is 3.59. The molecule has 1 fully saturated rings. The van der Waals surface area contributed by atoms with Crippen LogP contribution in [0.4, 0.5) is 8.78 Å². The Bertz CT molecular complexity index is 303. The van der Waals surface area contributed by atoms with Crippen LogP contribution in [0.3, 0.4) is 0 Å². The molecule has 0 heterocycles. The Labute approximate surface area is 85.0 Å². The Morgan fingerprint density at radius 2 is 1.93 bits per heavy atom. The second-order valence-electron chi connectivity index (χ2n) is 3.59. The molecule has 84 valence electrons. The van der Waals surface area contributed by atoms with E-state index in [9.17, 15) is 13.6 Å². The van der Waals surface area contributed by atoms with Gasteiger partial charge in [0.2, 0.25) is 5.92 Å². The molecule has 0 spiro atoms. The van der Waals surface area contributed by atoms with Crippen molar-refractivity contribution in [1.29, 1.82) is 0 Å². The molecule has 5 nitrogen and oxygen atoms in total. The number of carbonyl (C=O) groups is 1. The minimum atomic E-state index is -2.76. The van der Waals surface area contributed by atoms with Crippen LogP contribution in [0.15, 0.2) is 5.11 Å². The van der Waals surface area contributed by atoms with Gasteiger partial charge in [-0.1, -0.05) is 0 Å². The Morgan fingerprint density at radius 1 is 1.40 bits per heavy atom. The number of halogens is 2. The van der Waals surface area contributed by atoms with Gasteiger partial charge in [-0.2, -0.15) is 0 Å². The number of ether oxygens (including phenoxy) is 1. The van der Waals surface area contributed by atoms with Crippen LogP contribution in [-0.4, -0.2) is 17.6 Å². The first-order valence-electron chi connectivity index (χ1n) is 4.53. The van der Waals surface area contributed by atoms with Crippen LogP contribution in [-0.2, 0) is 9.53 Å². The maximum atomic E-state index is 12.9. The van der Waals surface area contributed by atoms with Crippen molar-refractivity contribution in [3.63, 3.8) is 0 Å². The van der Waals surface area contributed by atoms with Gasteiger partial charge in [-0.15, -0.1) is 0 Å². The summed E-state index contributed by atoms with van der Waals surface area (Å²) in [4.78, 5) is 13.3.